The van der Waals surface area contributed by atoms with E-state index in [0.29, 0.717) is 0 Å². The van der Waals surface area contributed by atoms with Gasteiger partial charge in [-0.15, -0.1) is 0 Å². The summed E-state index contributed by atoms with van der Waals surface area (Å²) in [6, 6.07) is 0. The number of rotatable bonds is 5. The lowest BCUT2D eigenvalue weighted by molar-refractivity contribution is 0.332. The zero-order valence-electron chi connectivity index (χ0n) is 12.7. The van der Waals surface area contributed by atoms with Crippen LogP contribution in [0.15, 0.2) is 0 Å². The molecule has 0 radical (unpaired) electrons. The molecular formula is C16H34N2. The fraction of sp³-hybridized carbons (Fsp3) is 1.00. The first-order valence-corrected chi connectivity index (χ1v) is 8.29. The summed E-state index contributed by atoms with van der Waals surface area (Å²) >= 11 is 0. The molecule has 0 unspecified atom stereocenters. The van der Waals surface area contributed by atoms with Crippen molar-refractivity contribution in [2.75, 3.05) is 32.7 Å². The Morgan fingerprint density at radius 2 is 1.67 bits per heavy atom. The molecule has 0 saturated carbocycles. The Morgan fingerprint density at radius 3 is 2.22 bits per heavy atom. The Balaban J connectivity index is 0.000000180. The first-order valence-electron chi connectivity index (χ1n) is 8.29. The summed E-state index contributed by atoms with van der Waals surface area (Å²) in [5, 5.41) is 3.37. The van der Waals surface area contributed by atoms with Crippen molar-refractivity contribution >= 4 is 0 Å². The predicted molar refractivity (Wildman–Crippen MR) is 81.1 cm³/mol. The molecule has 18 heavy (non-hydrogen) atoms. The van der Waals surface area contributed by atoms with E-state index in [4.69, 9.17) is 0 Å². The van der Waals surface area contributed by atoms with Crippen molar-refractivity contribution in [2.45, 2.75) is 65.2 Å². The van der Waals surface area contributed by atoms with E-state index in [9.17, 15) is 0 Å². The van der Waals surface area contributed by atoms with Gasteiger partial charge in [-0.1, -0.05) is 33.1 Å². The van der Waals surface area contributed by atoms with Crippen LogP contribution in [0.5, 0.6) is 0 Å². The molecule has 0 aromatic rings. The van der Waals surface area contributed by atoms with Crippen LogP contribution in [-0.2, 0) is 0 Å². The molecule has 0 aromatic carbocycles. The molecule has 2 saturated heterocycles. The van der Waals surface area contributed by atoms with Gasteiger partial charge >= 0.3 is 0 Å². The van der Waals surface area contributed by atoms with E-state index in [-0.39, 0.29) is 0 Å². The quantitative estimate of drug-likeness (QED) is 0.805. The first kappa shape index (κ1) is 16.0. The maximum Gasteiger partial charge on any atom is -0.00183 e. The van der Waals surface area contributed by atoms with Crippen LogP contribution in [0.2, 0.25) is 0 Å². The molecule has 0 bridgehead atoms. The Bertz CT molecular complexity index is 167. The highest BCUT2D eigenvalue weighted by atomic mass is 15.1. The lowest BCUT2D eigenvalue weighted by Crippen LogP contribution is -2.27. The summed E-state index contributed by atoms with van der Waals surface area (Å²) in [6.45, 7) is 11.1. The molecular weight excluding hydrogens is 220 g/mol. The maximum absolute atomic E-state index is 3.37. The summed E-state index contributed by atoms with van der Waals surface area (Å²) < 4.78 is 0. The van der Waals surface area contributed by atoms with E-state index in [1.807, 2.05) is 0 Å². The standard InChI is InChI=1S/2C8H17N/c1-2-3-8-4-6-9-7-5-8;1-2-3-6-9-7-4-5-8-9/h8-9H,2-7H2,1H3;2-8H2,1H3. The number of hydrogen-bond donors (Lipinski definition) is 1. The van der Waals surface area contributed by atoms with Gasteiger partial charge in [-0.3, -0.25) is 0 Å². The van der Waals surface area contributed by atoms with Crippen molar-refractivity contribution < 1.29 is 0 Å². The molecule has 0 spiro atoms. The van der Waals surface area contributed by atoms with Crippen molar-refractivity contribution in [2.24, 2.45) is 5.92 Å². The van der Waals surface area contributed by atoms with Gasteiger partial charge in [0.2, 0.25) is 0 Å². The Kier molecular flexibility index (Phi) is 9.59. The summed E-state index contributed by atoms with van der Waals surface area (Å²) in [6.07, 6.45) is 11.2. The fourth-order valence-electron chi connectivity index (χ4n) is 2.97. The van der Waals surface area contributed by atoms with Crippen LogP contribution in [0.3, 0.4) is 0 Å². The minimum Gasteiger partial charge on any atom is -0.317 e. The summed E-state index contributed by atoms with van der Waals surface area (Å²) in [7, 11) is 0. The summed E-state index contributed by atoms with van der Waals surface area (Å²) in [5.41, 5.74) is 0. The van der Waals surface area contributed by atoms with Gasteiger partial charge in [-0.2, -0.15) is 0 Å². The molecule has 2 aliphatic heterocycles. The molecule has 2 heterocycles. The molecule has 0 aliphatic carbocycles. The summed E-state index contributed by atoms with van der Waals surface area (Å²) in [5.74, 6) is 1.04. The zero-order valence-corrected chi connectivity index (χ0v) is 12.7. The molecule has 0 atom stereocenters. The second kappa shape index (κ2) is 10.8. The van der Waals surface area contributed by atoms with Crippen molar-refractivity contribution in [3.63, 3.8) is 0 Å². The third kappa shape index (κ3) is 7.38. The fourth-order valence-corrected chi connectivity index (χ4v) is 2.97. The van der Waals surface area contributed by atoms with Crippen LogP contribution in [0.25, 0.3) is 0 Å². The van der Waals surface area contributed by atoms with Crippen molar-refractivity contribution in [3.8, 4) is 0 Å². The minimum atomic E-state index is 1.04. The van der Waals surface area contributed by atoms with E-state index < -0.39 is 0 Å². The Hall–Kier alpha value is -0.0800. The second-order valence-corrected chi connectivity index (χ2v) is 5.88. The highest BCUT2D eigenvalue weighted by molar-refractivity contribution is 4.67. The van der Waals surface area contributed by atoms with Gasteiger partial charge in [0.05, 0.1) is 0 Å². The number of likely N-dealkylation sites (tertiary alicyclic amines) is 1. The number of piperidine rings is 1. The van der Waals surface area contributed by atoms with Crippen molar-refractivity contribution in [1.82, 2.24) is 10.2 Å². The molecule has 0 aromatic heterocycles. The van der Waals surface area contributed by atoms with E-state index >= 15 is 0 Å². The van der Waals surface area contributed by atoms with Crippen LogP contribution in [0.1, 0.15) is 65.2 Å². The van der Waals surface area contributed by atoms with Gasteiger partial charge in [-0.25, -0.2) is 0 Å². The molecule has 2 heteroatoms. The SMILES string of the molecule is CCCC1CCNCC1.CCCCN1CCCC1. The molecule has 2 nitrogen and oxygen atoms in total. The molecule has 2 aliphatic rings. The topological polar surface area (TPSA) is 15.3 Å². The van der Waals surface area contributed by atoms with E-state index in [1.165, 1.54) is 84.1 Å². The van der Waals surface area contributed by atoms with E-state index in [1.54, 1.807) is 0 Å². The van der Waals surface area contributed by atoms with Gasteiger partial charge in [-0.05, 0) is 70.7 Å². The van der Waals surface area contributed by atoms with Gasteiger partial charge in [0.25, 0.3) is 0 Å². The molecule has 1 N–H and O–H groups in total. The highest BCUT2D eigenvalue weighted by Gasteiger charge is 2.10. The van der Waals surface area contributed by atoms with Crippen LogP contribution in [-0.4, -0.2) is 37.6 Å². The van der Waals surface area contributed by atoms with Crippen molar-refractivity contribution in [3.05, 3.63) is 0 Å². The van der Waals surface area contributed by atoms with Crippen molar-refractivity contribution in [1.29, 1.82) is 0 Å². The Morgan fingerprint density at radius 1 is 1.00 bits per heavy atom. The smallest absolute Gasteiger partial charge is 0.00183 e. The zero-order chi connectivity index (χ0) is 13.1. The number of nitrogens with one attached hydrogen (secondary N) is 1. The van der Waals surface area contributed by atoms with Crippen LogP contribution >= 0.6 is 0 Å². The summed E-state index contributed by atoms with van der Waals surface area (Å²) in [4.78, 5) is 2.57. The van der Waals surface area contributed by atoms with Gasteiger partial charge in [0.15, 0.2) is 0 Å². The van der Waals surface area contributed by atoms with Gasteiger partial charge in [0.1, 0.15) is 0 Å². The normalized spacial score (nSPS) is 21.7. The average molecular weight is 254 g/mol. The predicted octanol–water partition coefficient (Wildman–Crippen LogP) is 3.67. The van der Waals surface area contributed by atoms with Gasteiger partial charge in [0, 0.05) is 0 Å². The van der Waals surface area contributed by atoms with Crippen LogP contribution in [0.4, 0.5) is 0 Å². The first-order chi connectivity index (χ1) is 8.86. The monoisotopic (exact) mass is 254 g/mol. The van der Waals surface area contributed by atoms with Crippen LogP contribution in [0, 0.1) is 5.92 Å². The number of unbranched alkanes of at least 4 members (excludes halogenated alkanes) is 1. The lowest BCUT2D eigenvalue weighted by Gasteiger charge is -2.21. The second-order valence-electron chi connectivity index (χ2n) is 5.88. The minimum absolute atomic E-state index is 1.04. The third-order valence-corrected chi connectivity index (χ3v) is 4.18. The maximum atomic E-state index is 3.37. The molecule has 0 amide bonds. The molecule has 2 fully saturated rings. The lowest BCUT2D eigenvalue weighted by atomic mass is 9.94. The third-order valence-electron chi connectivity index (χ3n) is 4.18. The highest BCUT2D eigenvalue weighted by Crippen LogP contribution is 2.16. The Labute approximate surface area is 115 Å². The number of nitrogens with zero attached hydrogens (tertiary/aromatic N) is 1. The average Bonchev–Trinajstić information content (AvgIpc) is 2.92. The van der Waals surface area contributed by atoms with E-state index in [0.717, 1.165) is 5.92 Å². The molecule has 108 valence electrons. The van der Waals surface area contributed by atoms with Crippen LogP contribution < -0.4 is 5.32 Å². The van der Waals surface area contributed by atoms with Gasteiger partial charge < -0.3 is 10.2 Å². The van der Waals surface area contributed by atoms with E-state index in [2.05, 4.69) is 24.1 Å². The largest absolute Gasteiger partial charge is 0.317 e. The number of hydrogen-bond acceptors (Lipinski definition) is 2. The molecule has 2 rings (SSSR count).